The van der Waals surface area contributed by atoms with Crippen LogP contribution in [0.2, 0.25) is 0 Å². The van der Waals surface area contributed by atoms with E-state index in [1.807, 2.05) is 0 Å². The first-order chi connectivity index (χ1) is 11.6. The van der Waals surface area contributed by atoms with Crippen molar-refractivity contribution in [1.82, 2.24) is 15.8 Å². The van der Waals surface area contributed by atoms with Gasteiger partial charge in [0.2, 0.25) is 0 Å². The third-order valence-corrected chi connectivity index (χ3v) is 3.72. The summed E-state index contributed by atoms with van der Waals surface area (Å²) in [5, 5.41) is 10.7. The van der Waals surface area contributed by atoms with Crippen molar-refractivity contribution in [3.8, 4) is 0 Å². The third-order valence-electron chi connectivity index (χ3n) is 3.72. The Morgan fingerprint density at radius 1 is 1.17 bits per heavy atom. The van der Waals surface area contributed by atoms with Gasteiger partial charge >= 0.3 is 0 Å². The fourth-order valence-electron chi connectivity index (χ4n) is 2.28. The lowest BCUT2D eigenvalue weighted by atomic mass is 10.1. The molecule has 1 rings (SSSR count). The Morgan fingerprint density at radius 3 is 2.58 bits per heavy atom. The van der Waals surface area contributed by atoms with Crippen LogP contribution in [0.4, 0.5) is 0 Å². The van der Waals surface area contributed by atoms with Crippen LogP contribution in [0.25, 0.3) is 0 Å². The van der Waals surface area contributed by atoms with Gasteiger partial charge in [0.1, 0.15) is 5.76 Å². The SMILES string of the molecule is CCNC(=NCc1c(CC)noc1CC)NCCOCCC(C)C. The van der Waals surface area contributed by atoms with Gasteiger partial charge in [-0.1, -0.05) is 32.9 Å². The van der Waals surface area contributed by atoms with Gasteiger partial charge in [-0.3, -0.25) is 0 Å². The van der Waals surface area contributed by atoms with Gasteiger partial charge in [-0.05, 0) is 25.7 Å². The van der Waals surface area contributed by atoms with Gasteiger partial charge in [-0.25, -0.2) is 4.99 Å². The molecule has 0 bridgehead atoms. The largest absolute Gasteiger partial charge is 0.380 e. The monoisotopic (exact) mass is 338 g/mol. The third kappa shape index (κ3) is 7.34. The highest BCUT2D eigenvalue weighted by Gasteiger charge is 2.12. The van der Waals surface area contributed by atoms with Crippen molar-refractivity contribution in [1.29, 1.82) is 0 Å². The predicted octanol–water partition coefficient (Wildman–Crippen LogP) is 2.92. The molecular formula is C18H34N4O2. The molecule has 0 aliphatic rings. The highest BCUT2D eigenvalue weighted by atomic mass is 16.5. The fourth-order valence-corrected chi connectivity index (χ4v) is 2.28. The Labute approximate surface area is 146 Å². The molecule has 0 amide bonds. The summed E-state index contributed by atoms with van der Waals surface area (Å²) in [5.41, 5.74) is 2.12. The molecule has 0 saturated carbocycles. The minimum atomic E-state index is 0.583. The lowest BCUT2D eigenvalue weighted by Crippen LogP contribution is -2.39. The Hall–Kier alpha value is -1.56. The van der Waals surface area contributed by atoms with Crippen molar-refractivity contribution in [2.75, 3.05) is 26.3 Å². The second kappa shape index (κ2) is 11.9. The van der Waals surface area contributed by atoms with Gasteiger partial charge in [0.25, 0.3) is 0 Å². The number of aliphatic imine (C=N–C) groups is 1. The number of ether oxygens (including phenoxy) is 1. The number of rotatable bonds is 11. The van der Waals surface area contributed by atoms with E-state index < -0.39 is 0 Å². The fraction of sp³-hybridized carbons (Fsp3) is 0.778. The van der Waals surface area contributed by atoms with Crippen LogP contribution < -0.4 is 10.6 Å². The van der Waals surface area contributed by atoms with Crippen molar-refractivity contribution < 1.29 is 9.26 Å². The summed E-state index contributed by atoms with van der Waals surface area (Å²) < 4.78 is 11.0. The highest BCUT2D eigenvalue weighted by molar-refractivity contribution is 5.79. The van der Waals surface area contributed by atoms with Crippen molar-refractivity contribution in [3.05, 3.63) is 17.0 Å². The van der Waals surface area contributed by atoms with E-state index in [9.17, 15) is 0 Å². The number of hydrogen-bond donors (Lipinski definition) is 2. The van der Waals surface area contributed by atoms with Crippen LogP contribution in [0, 0.1) is 5.92 Å². The molecule has 138 valence electrons. The van der Waals surface area contributed by atoms with Crippen LogP contribution >= 0.6 is 0 Å². The van der Waals surface area contributed by atoms with Gasteiger partial charge in [0, 0.05) is 31.7 Å². The number of nitrogens with one attached hydrogen (secondary N) is 2. The molecule has 6 heteroatoms. The molecule has 2 N–H and O–H groups in total. The Balaban J connectivity index is 2.49. The first kappa shape index (κ1) is 20.5. The molecule has 0 radical (unpaired) electrons. The van der Waals surface area contributed by atoms with Gasteiger partial charge in [0.15, 0.2) is 5.96 Å². The maximum Gasteiger partial charge on any atom is 0.191 e. The average molecular weight is 338 g/mol. The Bertz CT molecular complexity index is 462. The summed E-state index contributed by atoms with van der Waals surface area (Å²) in [6, 6.07) is 0. The molecule has 0 spiro atoms. The molecule has 0 unspecified atom stereocenters. The Morgan fingerprint density at radius 2 is 1.96 bits per heavy atom. The zero-order valence-electron chi connectivity index (χ0n) is 15.9. The van der Waals surface area contributed by atoms with E-state index in [0.29, 0.717) is 19.1 Å². The summed E-state index contributed by atoms with van der Waals surface area (Å²) in [4.78, 5) is 4.66. The first-order valence-corrected chi connectivity index (χ1v) is 9.18. The molecule has 1 aromatic rings. The van der Waals surface area contributed by atoms with E-state index in [-0.39, 0.29) is 0 Å². The zero-order chi connectivity index (χ0) is 17.8. The number of hydrogen-bond acceptors (Lipinski definition) is 4. The summed E-state index contributed by atoms with van der Waals surface area (Å²) in [5.74, 6) is 2.42. The summed E-state index contributed by atoms with van der Waals surface area (Å²) in [7, 11) is 0. The lowest BCUT2D eigenvalue weighted by molar-refractivity contribution is 0.128. The van der Waals surface area contributed by atoms with E-state index in [4.69, 9.17) is 9.26 Å². The van der Waals surface area contributed by atoms with Crippen LogP contribution in [0.1, 0.15) is 58.1 Å². The van der Waals surface area contributed by atoms with Crippen LogP contribution in [0.3, 0.4) is 0 Å². The lowest BCUT2D eigenvalue weighted by Gasteiger charge is -2.12. The topological polar surface area (TPSA) is 71.7 Å². The van der Waals surface area contributed by atoms with E-state index in [1.54, 1.807) is 0 Å². The molecule has 0 atom stereocenters. The van der Waals surface area contributed by atoms with Crippen molar-refractivity contribution in [3.63, 3.8) is 0 Å². The van der Waals surface area contributed by atoms with Gasteiger partial charge < -0.3 is 19.9 Å². The van der Waals surface area contributed by atoms with Crippen LogP contribution in [-0.2, 0) is 24.1 Å². The molecule has 0 saturated heterocycles. The molecule has 0 aromatic carbocycles. The summed E-state index contributed by atoms with van der Waals surface area (Å²) >= 11 is 0. The van der Waals surface area contributed by atoms with E-state index >= 15 is 0 Å². The first-order valence-electron chi connectivity index (χ1n) is 9.18. The zero-order valence-corrected chi connectivity index (χ0v) is 15.9. The van der Waals surface area contributed by atoms with Crippen LogP contribution in [0.15, 0.2) is 9.52 Å². The summed E-state index contributed by atoms with van der Waals surface area (Å²) in [6.45, 7) is 14.3. The van der Waals surface area contributed by atoms with E-state index in [0.717, 1.165) is 61.9 Å². The second-order valence-corrected chi connectivity index (χ2v) is 6.15. The number of nitrogens with zero attached hydrogens (tertiary/aromatic N) is 2. The minimum Gasteiger partial charge on any atom is -0.380 e. The molecule has 6 nitrogen and oxygen atoms in total. The van der Waals surface area contributed by atoms with Crippen molar-refractivity contribution >= 4 is 5.96 Å². The average Bonchev–Trinajstić information content (AvgIpc) is 2.97. The quantitative estimate of drug-likeness (QED) is 0.369. The predicted molar refractivity (Wildman–Crippen MR) is 98.4 cm³/mol. The van der Waals surface area contributed by atoms with Gasteiger partial charge in [0.05, 0.1) is 18.8 Å². The smallest absolute Gasteiger partial charge is 0.191 e. The molecule has 1 aromatic heterocycles. The molecule has 0 aliphatic carbocycles. The normalized spacial score (nSPS) is 12.0. The number of aryl methyl sites for hydroxylation is 2. The van der Waals surface area contributed by atoms with Crippen molar-refractivity contribution in [2.45, 2.75) is 60.4 Å². The van der Waals surface area contributed by atoms with Gasteiger partial charge in [-0.15, -0.1) is 0 Å². The van der Waals surface area contributed by atoms with Gasteiger partial charge in [-0.2, -0.15) is 0 Å². The molecular weight excluding hydrogens is 304 g/mol. The van der Waals surface area contributed by atoms with Crippen molar-refractivity contribution in [2.24, 2.45) is 10.9 Å². The molecule has 0 aliphatic heterocycles. The highest BCUT2D eigenvalue weighted by Crippen LogP contribution is 2.16. The number of guanidine groups is 1. The maximum atomic E-state index is 5.63. The second-order valence-electron chi connectivity index (χ2n) is 6.15. The molecule has 1 heterocycles. The van der Waals surface area contributed by atoms with E-state index in [1.165, 1.54) is 0 Å². The summed E-state index contributed by atoms with van der Waals surface area (Å²) in [6.07, 6.45) is 2.80. The van der Waals surface area contributed by atoms with Crippen LogP contribution in [-0.4, -0.2) is 37.4 Å². The maximum absolute atomic E-state index is 5.63. The standard InChI is InChI=1S/C18H34N4O2/c1-6-16-15(17(7-2)24-22-16)13-21-18(19-8-3)20-10-12-23-11-9-14(4)5/h14H,6-13H2,1-5H3,(H2,19,20,21). The minimum absolute atomic E-state index is 0.583. The molecule has 24 heavy (non-hydrogen) atoms. The number of aromatic nitrogens is 1. The molecule has 0 fully saturated rings. The van der Waals surface area contributed by atoms with E-state index in [2.05, 4.69) is 55.4 Å². The van der Waals surface area contributed by atoms with Crippen LogP contribution in [0.5, 0.6) is 0 Å². The Kier molecular flexibility index (Phi) is 10.2.